The Labute approximate surface area is 98.2 Å². The summed E-state index contributed by atoms with van der Waals surface area (Å²) >= 11 is 0. The second-order valence-corrected chi connectivity index (χ2v) is 3.36. The van der Waals surface area contributed by atoms with Crippen LogP contribution in [0.25, 0.3) is 0 Å². The van der Waals surface area contributed by atoms with E-state index < -0.39 is 11.6 Å². The molecule has 0 aliphatic carbocycles. The lowest BCUT2D eigenvalue weighted by atomic mass is 10.2. The van der Waals surface area contributed by atoms with E-state index in [0.717, 1.165) is 12.1 Å². The normalized spacial score (nSPS) is 9.76. The number of anilines is 1. The van der Waals surface area contributed by atoms with Crippen molar-refractivity contribution in [3.63, 3.8) is 0 Å². The lowest BCUT2D eigenvalue weighted by Gasteiger charge is -2.23. The fraction of sp³-hybridized carbons (Fsp3) is 0.250. The van der Waals surface area contributed by atoms with Crippen LogP contribution in [0, 0.1) is 23.0 Å². The van der Waals surface area contributed by atoms with Crippen molar-refractivity contribution in [2.45, 2.75) is 0 Å². The van der Waals surface area contributed by atoms with E-state index in [4.69, 9.17) is 10.4 Å². The summed E-state index contributed by atoms with van der Waals surface area (Å²) in [6.45, 7) is 3.55. The summed E-state index contributed by atoms with van der Waals surface area (Å²) < 4.78 is 27.3. The largest absolute Gasteiger partial charge is 0.395 e. The van der Waals surface area contributed by atoms with Crippen molar-refractivity contribution < 1.29 is 13.9 Å². The zero-order valence-corrected chi connectivity index (χ0v) is 9.16. The van der Waals surface area contributed by atoms with Gasteiger partial charge in [0.15, 0.2) is 11.6 Å². The number of rotatable bonds is 5. The first-order valence-electron chi connectivity index (χ1n) is 5.00. The van der Waals surface area contributed by atoms with Gasteiger partial charge in [0.2, 0.25) is 0 Å². The van der Waals surface area contributed by atoms with E-state index in [1.165, 1.54) is 11.0 Å². The van der Waals surface area contributed by atoms with Crippen molar-refractivity contribution in [3.8, 4) is 6.07 Å². The predicted octanol–water partition coefficient (Wildman–Crippen LogP) is 1.82. The van der Waals surface area contributed by atoms with Gasteiger partial charge in [0.05, 0.1) is 18.2 Å². The van der Waals surface area contributed by atoms with Gasteiger partial charge in [0.1, 0.15) is 5.69 Å². The van der Waals surface area contributed by atoms with Gasteiger partial charge in [-0.15, -0.1) is 6.58 Å². The Kier molecular flexibility index (Phi) is 4.61. The molecule has 0 spiro atoms. The number of aliphatic hydroxyl groups is 1. The summed E-state index contributed by atoms with van der Waals surface area (Å²) in [7, 11) is 0. The molecule has 0 amide bonds. The molecule has 0 radical (unpaired) electrons. The SMILES string of the molecule is C=CCN(CCO)c1c(F)cc(C#N)cc1F. The fourth-order valence-corrected chi connectivity index (χ4v) is 1.50. The zero-order chi connectivity index (χ0) is 12.8. The lowest BCUT2D eigenvalue weighted by molar-refractivity contribution is 0.302. The molecule has 0 atom stereocenters. The Balaban J connectivity index is 3.19. The van der Waals surface area contributed by atoms with Gasteiger partial charge in [0, 0.05) is 13.1 Å². The molecule has 0 heterocycles. The van der Waals surface area contributed by atoms with E-state index >= 15 is 0 Å². The molecular formula is C12H12F2N2O. The van der Waals surface area contributed by atoms with Crippen LogP contribution in [-0.2, 0) is 0 Å². The minimum absolute atomic E-state index is 0.0775. The van der Waals surface area contributed by atoms with Gasteiger partial charge in [0.25, 0.3) is 0 Å². The Bertz CT molecular complexity index is 431. The molecule has 1 aromatic carbocycles. The van der Waals surface area contributed by atoms with Gasteiger partial charge in [-0.2, -0.15) is 5.26 Å². The monoisotopic (exact) mass is 238 g/mol. The molecule has 90 valence electrons. The third-order valence-corrected chi connectivity index (χ3v) is 2.18. The van der Waals surface area contributed by atoms with E-state index in [2.05, 4.69) is 6.58 Å². The maximum absolute atomic E-state index is 13.6. The maximum atomic E-state index is 13.6. The maximum Gasteiger partial charge on any atom is 0.150 e. The first-order chi connectivity index (χ1) is 8.13. The highest BCUT2D eigenvalue weighted by molar-refractivity contribution is 5.53. The van der Waals surface area contributed by atoms with Crippen LogP contribution in [0.5, 0.6) is 0 Å². The molecule has 0 fully saturated rings. The van der Waals surface area contributed by atoms with Gasteiger partial charge in [-0.25, -0.2) is 8.78 Å². The summed E-state index contributed by atoms with van der Waals surface area (Å²) in [5, 5.41) is 17.4. The minimum Gasteiger partial charge on any atom is -0.395 e. The van der Waals surface area contributed by atoms with Crippen LogP contribution in [0.15, 0.2) is 24.8 Å². The van der Waals surface area contributed by atoms with Crippen molar-refractivity contribution in [2.75, 3.05) is 24.6 Å². The topological polar surface area (TPSA) is 47.3 Å². The molecule has 3 nitrogen and oxygen atoms in total. The van der Waals surface area contributed by atoms with Crippen LogP contribution in [-0.4, -0.2) is 24.8 Å². The molecule has 0 bridgehead atoms. The summed E-state index contributed by atoms with van der Waals surface area (Å²) in [4.78, 5) is 1.32. The molecule has 0 saturated heterocycles. The number of aliphatic hydroxyl groups excluding tert-OH is 1. The Morgan fingerprint density at radius 3 is 2.41 bits per heavy atom. The van der Waals surface area contributed by atoms with Gasteiger partial charge >= 0.3 is 0 Å². The Hall–Kier alpha value is -1.93. The van der Waals surface area contributed by atoms with Gasteiger partial charge in [-0.05, 0) is 12.1 Å². The molecule has 17 heavy (non-hydrogen) atoms. The van der Waals surface area contributed by atoms with E-state index in [0.29, 0.717) is 0 Å². The first-order valence-corrected chi connectivity index (χ1v) is 5.00. The molecule has 1 aromatic rings. The fourth-order valence-electron chi connectivity index (χ4n) is 1.50. The molecule has 5 heteroatoms. The molecule has 0 aromatic heterocycles. The van der Waals surface area contributed by atoms with Crippen LogP contribution in [0.1, 0.15) is 5.56 Å². The number of nitrogens with zero attached hydrogens (tertiary/aromatic N) is 2. The molecule has 0 aliphatic heterocycles. The van der Waals surface area contributed by atoms with E-state index in [-0.39, 0.29) is 30.9 Å². The highest BCUT2D eigenvalue weighted by Crippen LogP contribution is 2.24. The zero-order valence-electron chi connectivity index (χ0n) is 9.16. The minimum atomic E-state index is -0.822. The smallest absolute Gasteiger partial charge is 0.150 e. The number of hydrogen-bond acceptors (Lipinski definition) is 3. The lowest BCUT2D eigenvalue weighted by Crippen LogP contribution is -2.28. The number of hydrogen-bond donors (Lipinski definition) is 1. The standard InChI is InChI=1S/C12H12F2N2O/c1-2-3-16(4-5-17)12-10(13)6-9(8-15)7-11(12)14/h2,6-7,17H,1,3-5H2. The Morgan fingerprint density at radius 1 is 1.41 bits per heavy atom. The second kappa shape index (κ2) is 5.97. The highest BCUT2D eigenvalue weighted by Gasteiger charge is 2.16. The average molecular weight is 238 g/mol. The predicted molar refractivity (Wildman–Crippen MR) is 60.6 cm³/mol. The summed E-state index contributed by atoms with van der Waals surface area (Å²) in [6, 6.07) is 3.60. The van der Waals surface area contributed by atoms with Crippen molar-refractivity contribution in [3.05, 3.63) is 42.0 Å². The molecular weight excluding hydrogens is 226 g/mol. The number of benzene rings is 1. The van der Waals surface area contributed by atoms with Gasteiger partial charge in [-0.3, -0.25) is 0 Å². The summed E-state index contributed by atoms with van der Waals surface area (Å²) in [5.41, 5.74) is -0.329. The van der Waals surface area contributed by atoms with Crippen LogP contribution in [0.4, 0.5) is 14.5 Å². The van der Waals surface area contributed by atoms with Gasteiger partial charge < -0.3 is 10.0 Å². The van der Waals surface area contributed by atoms with Crippen LogP contribution < -0.4 is 4.90 Å². The second-order valence-electron chi connectivity index (χ2n) is 3.36. The number of nitriles is 1. The first kappa shape index (κ1) is 13.1. The third kappa shape index (κ3) is 3.02. The van der Waals surface area contributed by atoms with E-state index in [1.54, 1.807) is 6.07 Å². The van der Waals surface area contributed by atoms with Crippen LogP contribution in [0.2, 0.25) is 0 Å². The molecule has 0 unspecified atom stereocenters. The summed E-state index contributed by atoms with van der Waals surface area (Å²) in [5.74, 6) is -1.64. The van der Waals surface area contributed by atoms with E-state index in [9.17, 15) is 8.78 Å². The average Bonchev–Trinajstić information content (AvgIpc) is 2.28. The van der Waals surface area contributed by atoms with E-state index in [1.807, 2.05) is 0 Å². The van der Waals surface area contributed by atoms with Gasteiger partial charge in [-0.1, -0.05) is 6.08 Å². The molecule has 1 rings (SSSR count). The molecule has 0 saturated carbocycles. The molecule has 0 aliphatic rings. The third-order valence-electron chi connectivity index (χ3n) is 2.18. The summed E-state index contributed by atoms with van der Waals surface area (Å²) in [6.07, 6.45) is 1.48. The quantitative estimate of drug-likeness (QED) is 0.796. The van der Waals surface area contributed by atoms with Crippen LogP contribution in [0.3, 0.4) is 0 Å². The van der Waals surface area contributed by atoms with Crippen LogP contribution >= 0.6 is 0 Å². The molecule has 1 N–H and O–H groups in total. The highest BCUT2D eigenvalue weighted by atomic mass is 19.1. The van der Waals surface area contributed by atoms with Crippen molar-refractivity contribution in [2.24, 2.45) is 0 Å². The number of halogens is 2. The van der Waals surface area contributed by atoms with Crippen molar-refractivity contribution in [1.82, 2.24) is 0 Å². The Morgan fingerprint density at radius 2 is 2.00 bits per heavy atom. The van der Waals surface area contributed by atoms with Crippen molar-refractivity contribution in [1.29, 1.82) is 5.26 Å². The van der Waals surface area contributed by atoms with Crippen molar-refractivity contribution >= 4 is 5.69 Å².